The standard InChI is InChI=1S/C14H30O2Si/c1-14(2,3)17(4,5)16-11-13(15)12-9-7-6-8-10-12/h12-13,15H,6-11H2,1-5H3. The van der Waals surface area contributed by atoms with Gasteiger partial charge in [-0.15, -0.1) is 0 Å². The molecule has 1 atom stereocenters. The van der Waals surface area contributed by atoms with Crippen LogP contribution in [0.15, 0.2) is 0 Å². The van der Waals surface area contributed by atoms with Crippen molar-refractivity contribution in [3.05, 3.63) is 0 Å². The first-order chi connectivity index (χ1) is 7.74. The first kappa shape index (κ1) is 15.2. The minimum absolute atomic E-state index is 0.235. The van der Waals surface area contributed by atoms with Gasteiger partial charge in [-0.1, -0.05) is 40.0 Å². The quantitative estimate of drug-likeness (QED) is 0.774. The molecular weight excluding hydrogens is 228 g/mol. The van der Waals surface area contributed by atoms with Crippen LogP contribution >= 0.6 is 0 Å². The molecule has 0 aromatic heterocycles. The minimum Gasteiger partial charge on any atom is -0.414 e. The second-order valence-corrected chi connectivity index (χ2v) is 11.8. The Hall–Kier alpha value is 0.137. The largest absolute Gasteiger partial charge is 0.414 e. The van der Waals surface area contributed by atoms with Crippen LogP contribution in [-0.2, 0) is 4.43 Å². The molecule has 0 aromatic rings. The highest BCUT2D eigenvalue weighted by molar-refractivity contribution is 6.74. The van der Waals surface area contributed by atoms with Crippen LogP contribution in [0.25, 0.3) is 0 Å². The Bertz CT molecular complexity index is 227. The SMILES string of the molecule is CC(C)(C)[Si](C)(C)OCC(O)C1CCCCC1. The molecule has 0 aromatic carbocycles. The van der Waals surface area contributed by atoms with E-state index in [1.165, 1.54) is 32.1 Å². The Labute approximate surface area is 108 Å². The van der Waals surface area contributed by atoms with Gasteiger partial charge in [0.2, 0.25) is 0 Å². The molecule has 0 bridgehead atoms. The van der Waals surface area contributed by atoms with Crippen LogP contribution in [0.3, 0.4) is 0 Å². The zero-order valence-corrected chi connectivity index (χ0v) is 13.3. The van der Waals surface area contributed by atoms with Gasteiger partial charge in [0.15, 0.2) is 8.32 Å². The highest BCUT2D eigenvalue weighted by Crippen LogP contribution is 2.37. The summed E-state index contributed by atoms with van der Waals surface area (Å²) >= 11 is 0. The number of aliphatic hydroxyl groups excluding tert-OH is 1. The smallest absolute Gasteiger partial charge is 0.192 e. The molecule has 0 spiro atoms. The summed E-state index contributed by atoms with van der Waals surface area (Å²) in [4.78, 5) is 0. The fraction of sp³-hybridized carbons (Fsp3) is 1.00. The van der Waals surface area contributed by atoms with Crippen LogP contribution in [0.5, 0.6) is 0 Å². The lowest BCUT2D eigenvalue weighted by Crippen LogP contribution is -2.43. The highest BCUT2D eigenvalue weighted by atomic mass is 28.4. The molecule has 1 aliphatic rings. The topological polar surface area (TPSA) is 29.5 Å². The average Bonchev–Trinajstić information content (AvgIpc) is 2.25. The van der Waals surface area contributed by atoms with Gasteiger partial charge in [0.1, 0.15) is 0 Å². The molecule has 0 aliphatic heterocycles. The van der Waals surface area contributed by atoms with E-state index in [9.17, 15) is 5.11 Å². The van der Waals surface area contributed by atoms with Gasteiger partial charge in [0.05, 0.1) is 12.7 Å². The van der Waals surface area contributed by atoms with Gasteiger partial charge >= 0.3 is 0 Å². The molecule has 1 unspecified atom stereocenters. The lowest BCUT2D eigenvalue weighted by Gasteiger charge is -2.38. The fourth-order valence-electron chi connectivity index (χ4n) is 2.17. The van der Waals surface area contributed by atoms with Crippen molar-refractivity contribution in [1.82, 2.24) is 0 Å². The summed E-state index contributed by atoms with van der Waals surface area (Å²) < 4.78 is 6.10. The van der Waals surface area contributed by atoms with Crippen molar-refractivity contribution in [3.63, 3.8) is 0 Å². The van der Waals surface area contributed by atoms with Gasteiger partial charge in [0, 0.05) is 0 Å². The summed E-state index contributed by atoms with van der Waals surface area (Å²) in [5, 5.41) is 10.4. The summed E-state index contributed by atoms with van der Waals surface area (Å²) in [6, 6.07) is 0. The first-order valence-electron chi connectivity index (χ1n) is 7.06. The van der Waals surface area contributed by atoms with Gasteiger partial charge in [-0.05, 0) is 36.9 Å². The molecule has 0 heterocycles. The summed E-state index contributed by atoms with van der Waals surface area (Å²) in [5.74, 6) is 0.480. The fourth-order valence-corrected chi connectivity index (χ4v) is 3.19. The van der Waals surface area contributed by atoms with Crippen molar-refractivity contribution >= 4 is 8.32 Å². The Morgan fingerprint density at radius 2 is 1.71 bits per heavy atom. The van der Waals surface area contributed by atoms with Gasteiger partial charge < -0.3 is 9.53 Å². The Morgan fingerprint density at radius 3 is 2.18 bits per heavy atom. The van der Waals surface area contributed by atoms with Crippen molar-refractivity contribution in [2.75, 3.05) is 6.61 Å². The van der Waals surface area contributed by atoms with E-state index in [1.807, 2.05) is 0 Å². The molecule has 0 saturated heterocycles. The van der Waals surface area contributed by atoms with E-state index < -0.39 is 8.32 Å². The summed E-state index contributed by atoms with van der Waals surface area (Å²) in [7, 11) is -1.69. The first-order valence-corrected chi connectivity index (χ1v) is 9.97. The molecule has 1 rings (SSSR count). The lowest BCUT2D eigenvalue weighted by molar-refractivity contribution is 0.0366. The van der Waals surface area contributed by atoms with E-state index in [4.69, 9.17) is 4.43 Å². The maximum atomic E-state index is 10.2. The summed E-state index contributed by atoms with van der Waals surface area (Å²) in [6.45, 7) is 11.8. The number of aliphatic hydroxyl groups is 1. The Balaban J connectivity index is 2.39. The van der Waals surface area contributed by atoms with E-state index in [-0.39, 0.29) is 11.1 Å². The zero-order chi connectivity index (χ0) is 13.1. The molecule has 1 saturated carbocycles. The molecule has 17 heavy (non-hydrogen) atoms. The van der Waals surface area contributed by atoms with Crippen molar-refractivity contribution < 1.29 is 9.53 Å². The maximum Gasteiger partial charge on any atom is 0.192 e. The van der Waals surface area contributed by atoms with Crippen LogP contribution in [0.2, 0.25) is 18.1 Å². The van der Waals surface area contributed by atoms with E-state index in [0.717, 1.165) is 0 Å². The number of hydrogen-bond donors (Lipinski definition) is 1. The van der Waals surface area contributed by atoms with Crippen molar-refractivity contribution in [3.8, 4) is 0 Å². The van der Waals surface area contributed by atoms with Crippen molar-refractivity contribution in [2.24, 2.45) is 5.92 Å². The molecule has 0 amide bonds. The second kappa shape index (κ2) is 5.85. The normalized spacial score (nSPS) is 21.5. The molecule has 3 heteroatoms. The van der Waals surface area contributed by atoms with Crippen LogP contribution in [0, 0.1) is 5.92 Å². The molecule has 102 valence electrons. The maximum absolute atomic E-state index is 10.2. The zero-order valence-electron chi connectivity index (χ0n) is 12.3. The van der Waals surface area contributed by atoms with Crippen molar-refractivity contribution in [1.29, 1.82) is 0 Å². The van der Waals surface area contributed by atoms with Crippen LogP contribution in [0.1, 0.15) is 52.9 Å². The van der Waals surface area contributed by atoms with Gasteiger partial charge in [0.25, 0.3) is 0 Å². The van der Waals surface area contributed by atoms with E-state index in [0.29, 0.717) is 12.5 Å². The monoisotopic (exact) mass is 258 g/mol. The summed E-state index contributed by atoms with van der Waals surface area (Å²) in [6.07, 6.45) is 6.02. The highest BCUT2D eigenvalue weighted by Gasteiger charge is 2.38. The third kappa shape index (κ3) is 4.38. The molecule has 2 nitrogen and oxygen atoms in total. The van der Waals surface area contributed by atoms with E-state index >= 15 is 0 Å². The lowest BCUT2D eigenvalue weighted by atomic mass is 9.85. The van der Waals surface area contributed by atoms with Crippen LogP contribution in [-0.4, -0.2) is 26.1 Å². The van der Waals surface area contributed by atoms with Crippen molar-refractivity contribution in [2.45, 2.75) is 77.1 Å². The Kier molecular flexibility index (Phi) is 5.23. The third-order valence-corrected chi connectivity index (χ3v) is 9.12. The number of hydrogen-bond acceptors (Lipinski definition) is 2. The van der Waals surface area contributed by atoms with Crippen LogP contribution in [0.4, 0.5) is 0 Å². The summed E-state index contributed by atoms with van der Waals surface area (Å²) in [5.41, 5.74) is 0. The average molecular weight is 258 g/mol. The molecular formula is C14H30O2Si. The van der Waals surface area contributed by atoms with E-state index in [1.54, 1.807) is 0 Å². The predicted molar refractivity (Wildman–Crippen MR) is 75.7 cm³/mol. The molecule has 1 fully saturated rings. The minimum atomic E-state index is -1.69. The molecule has 0 radical (unpaired) electrons. The van der Waals surface area contributed by atoms with Crippen LogP contribution < -0.4 is 0 Å². The number of rotatable bonds is 4. The second-order valence-electron chi connectivity index (χ2n) is 7.04. The predicted octanol–water partition coefficient (Wildman–Crippen LogP) is 3.95. The molecule has 1 aliphatic carbocycles. The Morgan fingerprint density at radius 1 is 1.18 bits per heavy atom. The van der Waals surface area contributed by atoms with E-state index in [2.05, 4.69) is 33.9 Å². The molecule has 1 N–H and O–H groups in total. The van der Waals surface area contributed by atoms with Gasteiger partial charge in [-0.2, -0.15) is 0 Å². The van der Waals surface area contributed by atoms with Gasteiger partial charge in [-0.3, -0.25) is 0 Å². The third-order valence-electron chi connectivity index (χ3n) is 4.62. The van der Waals surface area contributed by atoms with Gasteiger partial charge in [-0.25, -0.2) is 0 Å².